The molecule has 4 heteroatoms. The van der Waals surface area contributed by atoms with Gasteiger partial charge in [-0.1, -0.05) is 18.2 Å². The van der Waals surface area contributed by atoms with E-state index in [-0.39, 0.29) is 18.6 Å². The zero-order chi connectivity index (χ0) is 12.4. The summed E-state index contributed by atoms with van der Waals surface area (Å²) in [6.45, 7) is 3.11. The standard InChI is InChI=1S/C13H15NO3/c1-9-7-11-5-3-4-6-12(11)14(9)13(16)8-17-10(2)15/h3-6,9H,7-8H2,1-2H3/t9-/m1/s1. The van der Waals surface area contributed by atoms with Crippen molar-refractivity contribution in [2.45, 2.75) is 26.3 Å². The molecule has 4 nitrogen and oxygen atoms in total. The number of nitrogens with zero attached hydrogens (tertiary/aromatic N) is 1. The van der Waals surface area contributed by atoms with E-state index in [4.69, 9.17) is 4.74 Å². The van der Waals surface area contributed by atoms with Gasteiger partial charge >= 0.3 is 5.97 Å². The Balaban J connectivity index is 2.16. The zero-order valence-electron chi connectivity index (χ0n) is 9.97. The maximum atomic E-state index is 12.0. The van der Waals surface area contributed by atoms with Gasteiger partial charge in [-0.3, -0.25) is 9.59 Å². The molecule has 0 spiro atoms. The molecule has 1 amide bonds. The lowest BCUT2D eigenvalue weighted by Crippen LogP contribution is -2.38. The highest BCUT2D eigenvalue weighted by molar-refractivity contribution is 5.97. The average Bonchev–Trinajstić information content (AvgIpc) is 2.61. The topological polar surface area (TPSA) is 46.6 Å². The quantitative estimate of drug-likeness (QED) is 0.728. The summed E-state index contributed by atoms with van der Waals surface area (Å²) < 4.78 is 4.75. The second kappa shape index (κ2) is 4.57. The minimum Gasteiger partial charge on any atom is -0.456 e. The Bertz CT molecular complexity index is 456. The molecule has 0 unspecified atom stereocenters. The van der Waals surface area contributed by atoms with Crippen LogP contribution in [-0.2, 0) is 20.7 Å². The number of hydrogen-bond acceptors (Lipinski definition) is 3. The van der Waals surface area contributed by atoms with Crippen molar-refractivity contribution in [3.63, 3.8) is 0 Å². The van der Waals surface area contributed by atoms with Crippen LogP contribution in [0.2, 0.25) is 0 Å². The maximum Gasteiger partial charge on any atom is 0.303 e. The minimum atomic E-state index is -0.432. The number of amides is 1. The monoisotopic (exact) mass is 233 g/mol. The van der Waals surface area contributed by atoms with Crippen molar-refractivity contribution in [2.24, 2.45) is 0 Å². The number of rotatable bonds is 2. The Morgan fingerprint density at radius 1 is 1.41 bits per heavy atom. The van der Waals surface area contributed by atoms with E-state index in [0.717, 1.165) is 17.7 Å². The summed E-state index contributed by atoms with van der Waals surface area (Å²) in [5, 5.41) is 0. The van der Waals surface area contributed by atoms with Crippen LogP contribution in [0.3, 0.4) is 0 Å². The number of ether oxygens (including phenoxy) is 1. The molecule has 0 saturated carbocycles. The Kier molecular flexibility index (Phi) is 3.13. The van der Waals surface area contributed by atoms with Crippen LogP contribution in [0.1, 0.15) is 19.4 Å². The largest absolute Gasteiger partial charge is 0.456 e. The van der Waals surface area contributed by atoms with Crippen molar-refractivity contribution < 1.29 is 14.3 Å². The molecule has 1 aromatic rings. The van der Waals surface area contributed by atoms with Crippen LogP contribution >= 0.6 is 0 Å². The van der Waals surface area contributed by atoms with Gasteiger partial charge in [-0.2, -0.15) is 0 Å². The van der Waals surface area contributed by atoms with E-state index < -0.39 is 5.97 Å². The van der Waals surface area contributed by atoms with Gasteiger partial charge in [0.2, 0.25) is 0 Å². The lowest BCUT2D eigenvalue weighted by atomic mass is 10.1. The fraction of sp³-hybridized carbons (Fsp3) is 0.385. The van der Waals surface area contributed by atoms with E-state index in [1.54, 1.807) is 4.90 Å². The molecule has 1 aromatic carbocycles. The first-order valence-electron chi connectivity index (χ1n) is 5.63. The summed E-state index contributed by atoms with van der Waals surface area (Å²) in [7, 11) is 0. The van der Waals surface area contributed by atoms with Crippen LogP contribution in [0.15, 0.2) is 24.3 Å². The van der Waals surface area contributed by atoms with Crippen molar-refractivity contribution in [3.05, 3.63) is 29.8 Å². The number of anilines is 1. The molecular weight excluding hydrogens is 218 g/mol. The summed E-state index contributed by atoms with van der Waals surface area (Å²) in [5.74, 6) is -0.601. The number of hydrogen-bond donors (Lipinski definition) is 0. The summed E-state index contributed by atoms with van der Waals surface area (Å²) in [5.41, 5.74) is 2.09. The normalized spacial score (nSPS) is 17.8. The highest BCUT2D eigenvalue weighted by Gasteiger charge is 2.30. The first-order valence-corrected chi connectivity index (χ1v) is 5.63. The van der Waals surface area contributed by atoms with E-state index in [0.29, 0.717) is 0 Å². The average molecular weight is 233 g/mol. The van der Waals surface area contributed by atoms with Crippen molar-refractivity contribution in [1.29, 1.82) is 0 Å². The third kappa shape index (κ3) is 2.30. The minimum absolute atomic E-state index is 0.121. The first kappa shape index (κ1) is 11.6. The van der Waals surface area contributed by atoms with Crippen LogP contribution < -0.4 is 4.90 Å². The lowest BCUT2D eigenvalue weighted by molar-refractivity contribution is -0.145. The Morgan fingerprint density at radius 2 is 2.12 bits per heavy atom. The van der Waals surface area contributed by atoms with Gasteiger partial charge in [0, 0.05) is 18.7 Å². The van der Waals surface area contributed by atoms with Gasteiger partial charge in [0.05, 0.1) is 0 Å². The van der Waals surface area contributed by atoms with E-state index in [1.807, 2.05) is 31.2 Å². The Hall–Kier alpha value is -1.84. The molecule has 1 heterocycles. The summed E-state index contributed by atoms with van der Waals surface area (Å²) in [6.07, 6.45) is 0.849. The van der Waals surface area contributed by atoms with Gasteiger partial charge in [0.25, 0.3) is 5.91 Å². The molecule has 0 fully saturated rings. The molecule has 2 rings (SSSR count). The van der Waals surface area contributed by atoms with E-state index in [2.05, 4.69) is 0 Å². The molecule has 1 aliphatic rings. The van der Waals surface area contributed by atoms with Crippen LogP contribution in [0.5, 0.6) is 0 Å². The summed E-state index contributed by atoms with van der Waals surface area (Å²) in [4.78, 5) is 24.4. The van der Waals surface area contributed by atoms with Crippen LogP contribution in [-0.4, -0.2) is 24.5 Å². The number of para-hydroxylation sites is 1. The second-order valence-corrected chi connectivity index (χ2v) is 4.23. The van der Waals surface area contributed by atoms with E-state index >= 15 is 0 Å². The molecule has 0 radical (unpaired) electrons. The smallest absolute Gasteiger partial charge is 0.303 e. The van der Waals surface area contributed by atoms with Crippen molar-refractivity contribution in [3.8, 4) is 0 Å². The lowest BCUT2D eigenvalue weighted by Gasteiger charge is -2.22. The van der Waals surface area contributed by atoms with Gasteiger partial charge in [0.1, 0.15) is 0 Å². The fourth-order valence-corrected chi connectivity index (χ4v) is 2.18. The maximum absolute atomic E-state index is 12.0. The molecule has 90 valence electrons. The fourth-order valence-electron chi connectivity index (χ4n) is 2.18. The third-order valence-electron chi connectivity index (χ3n) is 2.87. The molecule has 1 aliphatic heterocycles. The predicted octanol–water partition coefficient (Wildman–Crippen LogP) is 1.53. The van der Waals surface area contributed by atoms with Crippen LogP contribution in [0, 0.1) is 0 Å². The van der Waals surface area contributed by atoms with Gasteiger partial charge in [-0.25, -0.2) is 0 Å². The van der Waals surface area contributed by atoms with Crippen molar-refractivity contribution in [1.82, 2.24) is 0 Å². The van der Waals surface area contributed by atoms with Crippen LogP contribution in [0.4, 0.5) is 5.69 Å². The number of carbonyl (C=O) groups is 2. The van der Waals surface area contributed by atoms with E-state index in [1.165, 1.54) is 6.92 Å². The molecule has 0 bridgehead atoms. The molecule has 17 heavy (non-hydrogen) atoms. The number of esters is 1. The molecule has 0 N–H and O–H groups in total. The molecule has 0 aliphatic carbocycles. The van der Waals surface area contributed by atoms with Crippen molar-refractivity contribution >= 4 is 17.6 Å². The molecular formula is C13H15NO3. The highest BCUT2D eigenvalue weighted by Crippen LogP contribution is 2.31. The SMILES string of the molecule is CC(=O)OCC(=O)N1c2ccccc2C[C@H]1C. The summed E-state index contributed by atoms with van der Waals surface area (Å²) >= 11 is 0. The number of carbonyl (C=O) groups excluding carboxylic acids is 2. The number of benzene rings is 1. The second-order valence-electron chi connectivity index (χ2n) is 4.23. The molecule has 0 saturated heterocycles. The predicted molar refractivity (Wildman–Crippen MR) is 63.7 cm³/mol. The molecule has 0 aromatic heterocycles. The molecule has 1 atom stereocenters. The summed E-state index contributed by atoms with van der Waals surface area (Å²) in [6, 6.07) is 7.93. The third-order valence-corrected chi connectivity index (χ3v) is 2.87. The van der Waals surface area contributed by atoms with Gasteiger partial charge in [0.15, 0.2) is 6.61 Å². The first-order chi connectivity index (χ1) is 8.09. The van der Waals surface area contributed by atoms with Gasteiger partial charge < -0.3 is 9.64 Å². The zero-order valence-corrected chi connectivity index (χ0v) is 9.97. The number of fused-ring (bicyclic) bond motifs is 1. The van der Waals surface area contributed by atoms with Crippen molar-refractivity contribution in [2.75, 3.05) is 11.5 Å². The van der Waals surface area contributed by atoms with E-state index in [9.17, 15) is 9.59 Å². The van der Waals surface area contributed by atoms with Crippen LogP contribution in [0.25, 0.3) is 0 Å². The van der Waals surface area contributed by atoms with Gasteiger partial charge in [-0.15, -0.1) is 0 Å². The Morgan fingerprint density at radius 3 is 2.82 bits per heavy atom. The van der Waals surface area contributed by atoms with Gasteiger partial charge in [-0.05, 0) is 25.0 Å². The highest BCUT2D eigenvalue weighted by atomic mass is 16.5. The Labute approximate surface area is 100 Å².